The van der Waals surface area contributed by atoms with Gasteiger partial charge >= 0.3 is 5.97 Å². The van der Waals surface area contributed by atoms with Crippen LogP contribution in [0.5, 0.6) is 0 Å². The number of hydrogen-bond acceptors (Lipinski definition) is 5. The number of rotatable bonds is 6. The molecule has 6 nitrogen and oxygen atoms in total. The van der Waals surface area contributed by atoms with E-state index >= 15 is 0 Å². The van der Waals surface area contributed by atoms with Crippen molar-refractivity contribution in [1.82, 2.24) is 4.98 Å². The predicted octanol–water partition coefficient (Wildman–Crippen LogP) is 1.36. The Morgan fingerprint density at radius 2 is 1.90 bits per heavy atom. The van der Waals surface area contributed by atoms with Gasteiger partial charge in [0.25, 0.3) is 0 Å². The van der Waals surface area contributed by atoms with E-state index in [4.69, 9.17) is 10.8 Å². The number of carbonyl (C=O) groups is 1. The Hall–Kier alpha value is -2.60. The van der Waals surface area contributed by atoms with Crippen molar-refractivity contribution in [3.05, 3.63) is 53.7 Å². The Kier molecular flexibility index (Phi) is 4.73. The van der Waals surface area contributed by atoms with Gasteiger partial charge in [0.15, 0.2) is 11.5 Å². The maximum Gasteiger partial charge on any atom is 0.354 e. The van der Waals surface area contributed by atoms with Crippen molar-refractivity contribution in [1.29, 1.82) is 0 Å². The third-order valence-corrected chi connectivity index (χ3v) is 3.01. The summed E-state index contributed by atoms with van der Waals surface area (Å²) in [5.41, 5.74) is 7.22. The van der Waals surface area contributed by atoms with Crippen LogP contribution in [0.4, 0.5) is 11.5 Å². The molecule has 110 valence electrons. The summed E-state index contributed by atoms with van der Waals surface area (Å²) in [7, 11) is 0. The van der Waals surface area contributed by atoms with Crippen LogP contribution in [-0.2, 0) is 6.54 Å². The molecule has 1 heterocycles. The van der Waals surface area contributed by atoms with Gasteiger partial charge in [-0.25, -0.2) is 9.78 Å². The summed E-state index contributed by atoms with van der Waals surface area (Å²) in [6, 6.07) is 12.5. The summed E-state index contributed by atoms with van der Waals surface area (Å²) >= 11 is 0. The monoisotopic (exact) mass is 287 g/mol. The van der Waals surface area contributed by atoms with Gasteiger partial charge in [0.2, 0.25) is 0 Å². The number of carboxylic acids is 1. The van der Waals surface area contributed by atoms with Crippen LogP contribution in [0.2, 0.25) is 0 Å². The number of aromatic carboxylic acids is 1. The third kappa shape index (κ3) is 3.70. The first-order valence-electron chi connectivity index (χ1n) is 6.51. The molecule has 0 bridgehead atoms. The van der Waals surface area contributed by atoms with Gasteiger partial charge in [-0.15, -0.1) is 0 Å². The average molecular weight is 287 g/mol. The second kappa shape index (κ2) is 6.71. The fourth-order valence-electron chi connectivity index (χ4n) is 2.02. The van der Waals surface area contributed by atoms with Crippen molar-refractivity contribution in [2.75, 3.05) is 23.8 Å². The molecule has 6 heteroatoms. The molecule has 1 aromatic carbocycles. The zero-order valence-electron chi connectivity index (χ0n) is 11.4. The molecular weight excluding hydrogens is 270 g/mol. The third-order valence-electron chi connectivity index (χ3n) is 3.01. The normalized spacial score (nSPS) is 10.3. The van der Waals surface area contributed by atoms with Crippen molar-refractivity contribution in [2.45, 2.75) is 6.54 Å². The van der Waals surface area contributed by atoms with Crippen LogP contribution in [0.1, 0.15) is 16.1 Å². The van der Waals surface area contributed by atoms with Crippen molar-refractivity contribution in [3.63, 3.8) is 0 Å². The average Bonchev–Trinajstić information content (AvgIpc) is 2.48. The van der Waals surface area contributed by atoms with Gasteiger partial charge in [-0.05, 0) is 17.7 Å². The molecule has 1 aromatic heterocycles. The van der Waals surface area contributed by atoms with Gasteiger partial charge in [-0.1, -0.05) is 30.3 Å². The second-order valence-corrected chi connectivity index (χ2v) is 4.55. The van der Waals surface area contributed by atoms with Gasteiger partial charge in [0.05, 0.1) is 12.3 Å². The first kappa shape index (κ1) is 14.8. The molecule has 0 aliphatic rings. The van der Waals surface area contributed by atoms with E-state index in [1.165, 1.54) is 12.1 Å². The topological polar surface area (TPSA) is 99.7 Å². The Bertz CT molecular complexity index is 617. The largest absolute Gasteiger partial charge is 0.477 e. The van der Waals surface area contributed by atoms with Crippen LogP contribution < -0.4 is 10.6 Å². The molecule has 0 spiro atoms. The highest BCUT2D eigenvalue weighted by atomic mass is 16.4. The minimum Gasteiger partial charge on any atom is -0.477 e. The van der Waals surface area contributed by atoms with Crippen LogP contribution in [0.3, 0.4) is 0 Å². The van der Waals surface area contributed by atoms with E-state index in [1.54, 1.807) is 4.90 Å². The number of nitrogen functional groups attached to an aromatic ring is 1. The van der Waals surface area contributed by atoms with E-state index in [-0.39, 0.29) is 12.3 Å². The Labute approximate surface area is 122 Å². The van der Waals surface area contributed by atoms with E-state index in [9.17, 15) is 9.90 Å². The molecule has 0 saturated heterocycles. The zero-order valence-corrected chi connectivity index (χ0v) is 11.4. The van der Waals surface area contributed by atoms with Crippen LogP contribution in [0, 0.1) is 0 Å². The second-order valence-electron chi connectivity index (χ2n) is 4.55. The number of nitrogens with two attached hydrogens (primary N) is 1. The van der Waals surface area contributed by atoms with Gasteiger partial charge < -0.3 is 20.8 Å². The number of aliphatic hydroxyl groups is 1. The molecule has 0 atom stereocenters. The van der Waals surface area contributed by atoms with E-state index in [0.717, 1.165) is 5.56 Å². The number of carboxylic acid groups (broad SMARTS) is 1. The lowest BCUT2D eigenvalue weighted by atomic mass is 10.2. The van der Waals surface area contributed by atoms with Crippen LogP contribution >= 0.6 is 0 Å². The standard InChI is InChI=1S/C15H17N3O3/c16-12-6-7-13(15(20)21)17-14(12)18(8-9-19)10-11-4-2-1-3-5-11/h1-7,19H,8-10,16H2,(H,20,21). The lowest BCUT2D eigenvalue weighted by Gasteiger charge is -2.24. The summed E-state index contributed by atoms with van der Waals surface area (Å²) in [6.07, 6.45) is 0. The SMILES string of the molecule is Nc1ccc(C(=O)O)nc1N(CCO)Cc1ccccc1. The van der Waals surface area contributed by atoms with Crippen molar-refractivity contribution in [3.8, 4) is 0 Å². The smallest absolute Gasteiger partial charge is 0.354 e. The number of aliphatic hydroxyl groups excluding tert-OH is 1. The van der Waals surface area contributed by atoms with E-state index in [2.05, 4.69) is 4.98 Å². The highest BCUT2D eigenvalue weighted by molar-refractivity contribution is 5.87. The Morgan fingerprint density at radius 1 is 1.19 bits per heavy atom. The fourth-order valence-corrected chi connectivity index (χ4v) is 2.02. The predicted molar refractivity (Wildman–Crippen MR) is 80.2 cm³/mol. The summed E-state index contributed by atoms with van der Waals surface area (Å²) < 4.78 is 0. The molecule has 0 aliphatic carbocycles. The van der Waals surface area contributed by atoms with Gasteiger partial charge in [0.1, 0.15) is 0 Å². The van der Waals surface area contributed by atoms with Gasteiger partial charge in [0, 0.05) is 13.1 Å². The summed E-state index contributed by atoms with van der Waals surface area (Å²) in [5, 5.41) is 18.2. The van der Waals surface area contributed by atoms with E-state index in [0.29, 0.717) is 24.6 Å². The molecule has 2 rings (SSSR count). The molecule has 2 aromatic rings. The fraction of sp³-hybridized carbons (Fsp3) is 0.200. The number of aromatic nitrogens is 1. The number of pyridine rings is 1. The minimum atomic E-state index is -1.11. The summed E-state index contributed by atoms with van der Waals surface area (Å²) in [5.74, 6) is -0.743. The van der Waals surface area contributed by atoms with Crippen molar-refractivity contribution < 1.29 is 15.0 Å². The first-order valence-corrected chi connectivity index (χ1v) is 6.51. The molecule has 0 amide bonds. The number of hydrogen-bond donors (Lipinski definition) is 3. The molecular formula is C15H17N3O3. The quantitative estimate of drug-likeness (QED) is 0.742. The maximum atomic E-state index is 11.0. The van der Waals surface area contributed by atoms with Gasteiger partial charge in [-0.2, -0.15) is 0 Å². The zero-order chi connectivity index (χ0) is 15.2. The number of benzene rings is 1. The van der Waals surface area contributed by atoms with Crippen LogP contribution in [0.25, 0.3) is 0 Å². The van der Waals surface area contributed by atoms with E-state index in [1.807, 2.05) is 30.3 Å². The highest BCUT2D eigenvalue weighted by Crippen LogP contribution is 2.22. The Morgan fingerprint density at radius 3 is 2.52 bits per heavy atom. The minimum absolute atomic E-state index is 0.0739. The summed E-state index contributed by atoms with van der Waals surface area (Å²) in [4.78, 5) is 16.9. The molecule has 4 N–H and O–H groups in total. The van der Waals surface area contributed by atoms with Crippen molar-refractivity contribution >= 4 is 17.5 Å². The lowest BCUT2D eigenvalue weighted by Crippen LogP contribution is -2.28. The Balaban J connectivity index is 2.33. The number of anilines is 2. The number of nitrogens with zero attached hydrogens (tertiary/aromatic N) is 2. The van der Waals surface area contributed by atoms with Crippen LogP contribution in [-0.4, -0.2) is 34.3 Å². The van der Waals surface area contributed by atoms with Crippen molar-refractivity contribution in [2.24, 2.45) is 0 Å². The molecule has 0 saturated carbocycles. The van der Waals surface area contributed by atoms with E-state index < -0.39 is 5.97 Å². The highest BCUT2D eigenvalue weighted by Gasteiger charge is 2.15. The molecule has 21 heavy (non-hydrogen) atoms. The lowest BCUT2D eigenvalue weighted by molar-refractivity contribution is 0.0690. The summed E-state index contributed by atoms with van der Waals surface area (Å²) in [6.45, 7) is 0.724. The molecule has 0 unspecified atom stereocenters. The molecule has 0 aliphatic heterocycles. The first-order chi connectivity index (χ1) is 10.1. The molecule has 0 radical (unpaired) electrons. The van der Waals surface area contributed by atoms with Crippen LogP contribution in [0.15, 0.2) is 42.5 Å². The maximum absolute atomic E-state index is 11.0. The molecule has 0 fully saturated rings. The van der Waals surface area contributed by atoms with Gasteiger partial charge in [-0.3, -0.25) is 0 Å².